The second kappa shape index (κ2) is 7.04. The Morgan fingerprint density at radius 2 is 1.88 bits per heavy atom. The Bertz CT molecular complexity index is 674. The summed E-state index contributed by atoms with van der Waals surface area (Å²) in [6.07, 6.45) is 4.30. The highest BCUT2D eigenvalue weighted by Gasteiger charge is 2.45. The lowest BCUT2D eigenvalue weighted by atomic mass is 9.76. The minimum absolute atomic E-state index is 0.137. The minimum atomic E-state index is -0.505. The van der Waals surface area contributed by atoms with Crippen molar-refractivity contribution in [2.45, 2.75) is 38.2 Å². The van der Waals surface area contributed by atoms with Gasteiger partial charge in [0.15, 0.2) is 0 Å². The molecule has 0 unspecified atom stereocenters. The van der Waals surface area contributed by atoms with Crippen LogP contribution in [0.1, 0.15) is 52.8 Å². The first-order valence-corrected chi connectivity index (χ1v) is 8.74. The average Bonchev–Trinajstić information content (AvgIpc) is 2.99. The molecule has 136 valence electrons. The first kappa shape index (κ1) is 17.7. The minimum Gasteiger partial charge on any atom is -0.497 e. The maximum Gasteiger partial charge on any atom is 0.338 e. The van der Waals surface area contributed by atoms with Crippen molar-refractivity contribution in [3.05, 3.63) is 29.3 Å². The summed E-state index contributed by atoms with van der Waals surface area (Å²) in [6, 6.07) is 4.74. The molecule has 1 saturated carbocycles. The van der Waals surface area contributed by atoms with Gasteiger partial charge in [0.25, 0.3) is 5.91 Å². The molecule has 6 heteroatoms. The normalized spacial score (nSPS) is 25.9. The first-order chi connectivity index (χ1) is 12.0. The second-order valence-electron chi connectivity index (χ2n) is 7.04. The van der Waals surface area contributed by atoms with Gasteiger partial charge in [0.05, 0.1) is 25.9 Å². The van der Waals surface area contributed by atoms with Gasteiger partial charge < -0.3 is 19.5 Å². The molecular weight excluding hydrogens is 322 g/mol. The summed E-state index contributed by atoms with van der Waals surface area (Å²) in [5.41, 5.74) is 0.528. The quantitative estimate of drug-likeness (QED) is 0.849. The molecule has 3 rings (SSSR count). The lowest BCUT2D eigenvalue weighted by Crippen LogP contribution is -2.49. The second-order valence-corrected chi connectivity index (χ2v) is 7.04. The maximum atomic E-state index is 13.0. The molecule has 2 atom stereocenters. The Morgan fingerprint density at radius 1 is 1.16 bits per heavy atom. The Labute approximate surface area is 147 Å². The molecule has 1 N–H and O–H groups in total. The van der Waals surface area contributed by atoms with E-state index >= 15 is 0 Å². The van der Waals surface area contributed by atoms with E-state index in [4.69, 9.17) is 9.47 Å². The number of nitrogens with zero attached hydrogens (tertiary/aromatic N) is 1. The number of hydrogen-bond acceptors (Lipinski definition) is 5. The number of rotatable bonds is 3. The molecule has 1 aromatic carbocycles. The molecule has 1 saturated heterocycles. The third-order valence-electron chi connectivity index (χ3n) is 5.57. The molecule has 1 spiro atoms. The smallest absolute Gasteiger partial charge is 0.338 e. The van der Waals surface area contributed by atoms with Crippen LogP contribution < -0.4 is 4.74 Å². The van der Waals surface area contributed by atoms with Crippen molar-refractivity contribution in [1.82, 2.24) is 4.90 Å². The van der Waals surface area contributed by atoms with Gasteiger partial charge in [-0.2, -0.15) is 0 Å². The Kier molecular flexibility index (Phi) is 4.99. The van der Waals surface area contributed by atoms with E-state index in [1.54, 1.807) is 23.1 Å². The third-order valence-corrected chi connectivity index (χ3v) is 5.57. The molecule has 1 aliphatic carbocycles. The summed E-state index contributed by atoms with van der Waals surface area (Å²) in [7, 11) is 2.80. The summed E-state index contributed by atoms with van der Waals surface area (Å²) in [6.45, 7) is 1.23. The number of ether oxygens (including phenoxy) is 2. The zero-order chi connectivity index (χ0) is 18.0. The number of amides is 1. The molecule has 1 aromatic rings. The number of hydrogen-bond donors (Lipinski definition) is 1. The highest BCUT2D eigenvalue weighted by molar-refractivity contribution is 5.98. The molecule has 0 radical (unpaired) electrons. The summed E-state index contributed by atoms with van der Waals surface area (Å²) in [4.78, 5) is 26.7. The van der Waals surface area contributed by atoms with E-state index in [2.05, 4.69) is 0 Å². The largest absolute Gasteiger partial charge is 0.497 e. The van der Waals surface area contributed by atoms with Gasteiger partial charge in [-0.05, 0) is 43.9 Å². The highest BCUT2D eigenvalue weighted by Crippen LogP contribution is 2.45. The van der Waals surface area contributed by atoms with Crippen LogP contribution in [0.4, 0.5) is 0 Å². The van der Waals surface area contributed by atoms with Crippen molar-refractivity contribution in [1.29, 1.82) is 0 Å². The van der Waals surface area contributed by atoms with E-state index in [0.717, 1.165) is 32.1 Å². The van der Waals surface area contributed by atoms with Gasteiger partial charge in [-0.25, -0.2) is 4.79 Å². The first-order valence-electron chi connectivity index (χ1n) is 8.74. The van der Waals surface area contributed by atoms with E-state index in [-0.39, 0.29) is 23.0 Å². The number of aliphatic hydroxyl groups excluding tert-OH is 1. The summed E-state index contributed by atoms with van der Waals surface area (Å²) in [5, 5.41) is 10.4. The average molecular weight is 347 g/mol. The van der Waals surface area contributed by atoms with Crippen LogP contribution in [0.25, 0.3) is 0 Å². The summed E-state index contributed by atoms with van der Waals surface area (Å²) < 4.78 is 9.97. The summed E-state index contributed by atoms with van der Waals surface area (Å²) >= 11 is 0. The van der Waals surface area contributed by atoms with Crippen molar-refractivity contribution in [2.24, 2.45) is 5.41 Å². The molecule has 1 aliphatic heterocycles. The standard InChI is InChI=1S/C19H25NO5/c1-24-15-10-13(9-14(11-15)18(23)25-2)17(22)20-8-4-7-19(12-20)6-3-5-16(19)21/h9-11,16,21H,3-8,12H2,1-2H3/t16-,19-/m1/s1. The van der Waals surface area contributed by atoms with E-state index in [9.17, 15) is 14.7 Å². The van der Waals surface area contributed by atoms with Gasteiger partial charge in [0.1, 0.15) is 5.75 Å². The van der Waals surface area contributed by atoms with Crippen molar-refractivity contribution in [3.8, 4) is 5.75 Å². The third kappa shape index (κ3) is 3.35. The van der Waals surface area contributed by atoms with Crippen LogP contribution >= 0.6 is 0 Å². The van der Waals surface area contributed by atoms with Crippen LogP contribution in [0.5, 0.6) is 5.75 Å². The van der Waals surface area contributed by atoms with E-state index in [1.165, 1.54) is 14.2 Å². The number of piperidine rings is 1. The predicted molar refractivity (Wildman–Crippen MR) is 91.8 cm³/mol. The van der Waals surface area contributed by atoms with Gasteiger partial charge in [-0.15, -0.1) is 0 Å². The monoisotopic (exact) mass is 347 g/mol. The van der Waals surface area contributed by atoms with Crippen LogP contribution in [0, 0.1) is 5.41 Å². The number of methoxy groups -OCH3 is 2. The number of carbonyl (C=O) groups excluding carboxylic acids is 2. The SMILES string of the molecule is COC(=O)c1cc(OC)cc(C(=O)N2CCC[C@]3(CCC[C@H]3O)C2)c1. The summed E-state index contributed by atoms with van der Waals surface area (Å²) in [5.74, 6) is -0.199. The van der Waals surface area contributed by atoms with Gasteiger partial charge in [-0.3, -0.25) is 4.79 Å². The predicted octanol–water partition coefficient (Wildman–Crippen LogP) is 2.25. The van der Waals surface area contributed by atoms with E-state index < -0.39 is 5.97 Å². The van der Waals surface area contributed by atoms with Crippen LogP contribution in [-0.2, 0) is 4.74 Å². The molecule has 0 aromatic heterocycles. The Balaban J connectivity index is 1.86. The van der Waals surface area contributed by atoms with E-state index in [0.29, 0.717) is 24.4 Å². The van der Waals surface area contributed by atoms with Gasteiger partial charge in [0, 0.05) is 24.1 Å². The molecule has 25 heavy (non-hydrogen) atoms. The maximum absolute atomic E-state index is 13.0. The number of benzene rings is 1. The van der Waals surface area contributed by atoms with Crippen LogP contribution in [0.15, 0.2) is 18.2 Å². The lowest BCUT2D eigenvalue weighted by Gasteiger charge is -2.42. The topological polar surface area (TPSA) is 76.1 Å². The molecule has 1 amide bonds. The zero-order valence-electron chi connectivity index (χ0n) is 14.8. The van der Waals surface area contributed by atoms with Gasteiger partial charge in [-0.1, -0.05) is 6.42 Å². The van der Waals surface area contributed by atoms with Crippen LogP contribution in [0.3, 0.4) is 0 Å². The van der Waals surface area contributed by atoms with Gasteiger partial charge in [0.2, 0.25) is 0 Å². The fraction of sp³-hybridized carbons (Fsp3) is 0.579. The van der Waals surface area contributed by atoms with Crippen LogP contribution in [-0.4, -0.2) is 55.3 Å². The number of esters is 1. The molecule has 0 bridgehead atoms. The zero-order valence-corrected chi connectivity index (χ0v) is 14.8. The van der Waals surface area contributed by atoms with Gasteiger partial charge >= 0.3 is 5.97 Å². The van der Waals surface area contributed by atoms with Crippen molar-refractivity contribution in [3.63, 3.8) is 0 Å². The highest BCUT2D eigenvalue weighted by atomic mass is 16.5. The Hall–Kier alpha value is -2.08. The molecule has 2 aliphatic rings. The molecule has 1 heterocycles. The Morgan fingerprint density at radius 3 is 2.52 bits per heavy atom. The lowest BCUT2D eigenvalue weighted by molar-refractivity contribution is -0.00537. The van der Waals surface area contributed by atoms with E-state index in [1.807, 2.05) is 0 Å². The molecule has 2 fully saturated rings. The van der Waals surface area contributed by atoms with Crippen molar-refractivity contribution >= 4 is 11.9 Å². The van der Waals surface area contributed by atoms with Crippen molar-refractivity contribution < 1.29 is 24.2 Å². The fourth-order valence-electron chi connectivity index (χ4n) is 4.19. The fourth-order valence-corrected chi connectivity index (χ4v) is 4.19. The molecule has 6 nitrogen and oxygen atoms in total. The number of carbonyl (C=O) groups is 2. The molecular formula is C19H25NO5. The number of likely N-dealkylation sites (tertiary alicyclic amines) is 1. The van der Waals surface area contributed by atoms with Crippen molar-refractivity contribution in [2.75, 3.05) is 27.3 Å². The number of aliphatic hydroxyl groups is 1. The van der Waals surface area contributed by atoms with Crippen LogP contribution in [0.2, 0.25) is 0 Å².